The van der Waals surface area contributed by atoms with Crippen LogP contribution in [0.5, 0.6) is 0 Å². The van der Waals surface area contributed by atoms with Gasteiger partial charge in [0.05, 0.1) is 11.0 Å². The van der Waals surface area contributed by atoms with E-state index in [4.69, 9.17) is 0 Å². The third-order valence-corrected chi connectivity index (χ3v) is 5.53. The Morgan fingerprint density at radius 2 is 1.92 bits per heavy atom. The first-order valence-corrected chi connectivity index (χ1v) is 8.47. The number of allylic oxidation sites excluding steroid dienone is 1. The van der Waals surface area contributed by atoms with Gasteiger partial charge in [-0.2, -0.15) is 5.26 Å². The van der Waals surface area contributed by atoms with Gasteiger partial charge in [-0.15, -0.1) is 0 Å². The lowest BCUT2D eigenvalue weighted by atomic mass is 9.57. The van der Waals surface area contributed by atoms with Gasteiger partial charge >= 0.3 is 0 Å². The van der Waals surface area contributed by atoms with Gasteiger partial charge in [-0.25, -0.2) is 0 Å². The Hall–Kier alpha value is -2.41. The number of amides is 1. The van der Waals surface area contributed by atoms with Gasteiger partial charge in [0.25, 0.3) is 0 Å². The summed E-state index contributed by atoms with van der Waals surface area (Å²) in [6.07, 6.45) is 2.41. The van der Waals surface area contributed by atoms with E-state index in [1.165, 1.54) is 0 Å². The SMILES string of the molecule is CC(C)N1CC[C@@H]2[C@@H](C)C(=O)C(C#N)=C[C@@]2(c2ccccc2)C1=O. The molecule has 0 unspecified atom stereocenters. The number of benzene rings is 1. The van der Waals surface area contributed by atoms with Gasteiger partial charge < -0.3 is 4.90 Å². The Labute approximate surface area is 142 Å². The van der Waals surface area contributed by atoms with Crippen LogP contribution in [0.3, 0.4) is 0 Å². The predicted octanol–water partition coefficient (Wildman–Crippen LogP) is 2.85. The molecular formula is C20H22N2O2. The van der Waals surface area contributed by atoms with Gasteiger partial charge in [0.15, 0.2) is 5.78 Å². The van der Waals surface area contributed by atoms with Crippen molar-refractivity contribution in [1.82, 2.24) is 4.90 Å². The van der Waals surface area contributed by atoms with Crippen molar-refractivity contribution in [2.45, 2.75) is 38.6 Å². The number of carbonyl (C=O) groups excluding carboxylic acids is 2. The van der Waals surface area contributed by atoms with E-state index in [1.54, 1.807) is 6.08 Å². The molecule has 3 rings (SSSR count). The molecule has 1 aliphatic heterocycles. The quantitative estimate of drug-likeness (QED) is 0.841. The Morgan fingerprint density at radius 3 is 2.50 bits per heavy atom. The molecule has 1 amide bonds. The lowest BCUT2D eigenvalue weighted by Gasteiger charge is -2.50. The molecule has 1 saturated heterocycles. The average Bonchev–Trinajstić information content (AvgIpc) is 2.59. The molecule has 0 aromatic heterocycles. The van der Waals surface area contributed by atoms with Crippen LogP contribution >= 0.6 is 0 Å². The molecular weight excluding hydrogens is 300 g/mol. The molecule has 2 aliphatic rings. The number of ketones is 1. The van der Waals surface area contributed by atoms with Crippen LogP contribution in [0, 0.1) is 23.2 Å². The van der Waals surface area contributed by atoms with Crippen LogP contribution in [-0.4, -0.2) is 29.2 Å². The van der Waals surface area contributed by atoms with Crippen molar-refractivity contribution >= 4 is 11.7 Å². The number of hydrogen-bond donors (Lipinski definition) is 0. The van der Waals surface area contributed by atoms with Crippen molar-refractivity contribution in [3.63, 3.8) is 0 Å². The molecule has 0 spiro atoms. The van der Waals surface area contributed by atoms with E-state index >= 15 is 0 Å². The summed E-state index contributed by atoms with van der Waals surface area (Å²) in [7, 11) is 0. The Balaban J connectivity index is 2.28. The highest BCUT2D eigenvalue weighted by Gasteiger charge is 2.56. The fraction of sp³-hybridized carbons (Fsp3) is 0.450. The highest BCUT2D eigenvalue weighted by atomic mass is 16.2. The highest BCUT2D eigenvalue weighted by Crippen LogP contribution is 2.49. The standard InChI is InChI=1S/C20H22N2O2/c1-13(2)22-10-9-17-14(3)18(23)15(12-21)11-20(17,19(22)24)16-7-5-4-6-8-16/h4-8,11,13-14,17H,9-10H2,1-3H3/t14-,17-,20+/m1/s1. The molecule has 1 fully saturated rings. The van der Waals surface area contributed by atoms with Gasteiger partial charge in [-0.05, 0) is 37.8 Å². The van der Waals surface area contributed by atoms with Gasteiger partial charge in [0, 0.05) is 18.5 Å². The van der Waals surface area contributed by atoms with Crippen LogP contribution in [0.4, 0.5) is 0 Å². The van der Waals surface area contributed by atoms with Gasteiger partial charge in [-0.1, -0.05) is 37.3 Å². The van der Waals surface area contributed by atoms with Crippen molar-refractivity contribution in [2.75, 3.05) is 6.54 Å². The number of nitrogens with zero attached hydrogens (tertiary/aromatic N) is 2. The van der Waals surface area contributed by atoms with E-state index in [0.717, 1.165) is 12.0 Å². The first kappa shape index (κ1) is 16.4. The third kappa shape index (κ3) is 2.19. The normalized spacial score (nSPS) is 30.0. The molecule has 24 heavy (non-hydrogen) atoms. The number of likely N-dealkylation sites (tertiary alicyclic amines) is 1. The van der Waals surface area contributed by atoms with E-state index in [1.807, 2.05) is 62.1 Å². The van der Waals surface area contributed by atoms with Gasteiger partial charge in [0.2, 0.25) is 5.91 Å². The maximum atomic E-state index is 13.5. The molecule has 0 N–H and O–H groups in total. The minimum atomic E-state index is -0.915. The van der Waals surface area contributed by atoms with E-state index in [-0.39, 0.29) is 35.1 Å². The monoisotopic (exact) mass is 322 g/mol. The number of Topliss-reactive ketones (excluding diaryl/α,β-unsaturated/α-hetero) is 1. The van der Waals surface area contributed by atoms with Crippen LogP contribution in [0.15, 0.2) is 42.0 Å². The highest BCUT2D eigenvalue weighted by molar-refractivity contribution is 6.06. The van der Waals surface area contributed by atoms with Crippen molar-refractivity contribution in [1.29, 1.82) is 5.26 Å². The van der Waals surface area contributed by atoms with Gasteiger partial charge in [-0.3, -0.25) is 9.59 Å². The molecule has 4 heteroatoms. The summed E-state index contributed by atoms with van der Waals surface area (Å²) in [5.74, 6) is -0.568. The minimum Gasteiger partial charge on any atom is -0.339 e. The molecule has 0 saturated carbocycles. The summed E-state index contributed by atoms with van der Waals surface area (Å²) in [5.41, 5.74) is 0.0707. The predicted molar refractivity (Wildman–Crippen MR) is 90.9 cm³/mol. The molecule has 0 radical (unpaired) electrons. The van der Waals surface area contributed by atoms with Crippen LogP contribution in [-0.2, 0) is 15.0 Å². The smallest absolute Gasteiger partial charge is 0.237 e. The van der Waals surface area contributed by atoms with Crippen LogP contribution < -0.4 is 0 Å². The van der Waals surface area contributed by atoms with E-state index < -0.39 is 5.41 Å². The summed E-state index contributed by atoms with van der Waals surface area (Å²) in [6, 6.07) is 11.7. The fourth-order valence-electron chi connectivity index (χ4n) is 4.26. The Morgan fingerprint density at radius 1 is 1.25 bits per heavy atom. The number of rotatable bonds is 2. The topological polar surface area (TPSA) is 61.2 Å². The maximum absolute atomic E-state index is 13.5. The maximum Gasteiger partial charge on any atom is 0.237 e. The van der Waals surface area contributed by atoms with E-state index in [2.05, 4.69) is 0 Å². The summed E-state index contributed by atoms with van der Waals surface area (Å²) >= 11 is 0. The summed E-state index contributed by atoms with van der Waals surface area (Å²) < 4.78 is 0. The number of hydrogen-bond acceptors (Lipinski definition) is 3. The second-order valence-electron chi connectivity index (χ2n) is 7.05. The average molecular weight is 322 g/mol. The molecule has 1 heterocycles. The number of nitriles is 1. The van der Waals surface area contributed by atoms with Crippen LogP contribution in [0.1, 0.15) is 32.8 Å². The zero-order chi connectivity index (χ0) is 17.5. The zero-order valence-corrected chi connectivity index (χ0v) is 14.3. The van der Waals surface area contributed by atoms with Gasteiger partial charge in [0.1, 0.15) is 6.07 Å². The summed E-state index contributed by atoms with van der Waals surface area (Å²) in [4.78, 5) is 27.9. The van der Waals surface area contributed by atoms with E-state index in [0.29, 0.717) is 6.54 Å². The van der Waals surface area contributed by atoms with E-state index in [9.17, 15) is 14.9 Å². The summed E-state index contributed by atoms with van der Waals surface area (Å²) in [5, 5.41) is 9.43. The number of carbonyl (C=O) groups is 2. The lowest BCUT2D eigenvalue weighted by Crippen LogP contribution is -2.61. The number of fused-ring (bicyclic) bond motifs is 1. The van der Waals surface area contributed by atoms with Crippen LogP contribution in [0.25, 0.3) is 0 Å². The van der Waals surface area contributed by atoms with Crippen molar-refractivity contribution in [3.8, 4) is 6.07 Å². The second-order valence-corrected chi connectivity index (χ2v) is 7.05. The molecule has 4 nitrogen and oxygen atoms in total. The zero-order valence-electron chi connectivity index (χ0n) is 14.3. The van der Waals surface area contributed by atoms with Crippen molar-refractivity contribution < 1.29 is 9.59 Å². The first-order valence-electron chi connectivity index (χ1n) is 8.47. The third-order valence-electron chi connectivity index (χ3n) is 5.53. The number of piperidine rings is 1. The molecule has 0 bridgehead atoms. The largest absolute Gasteiger partial charge is 0.339 e. The molecule has 1 aromatic rings. The fourth-order valence-corrected chi connectivity index (χ4v) is 4.26. The lowest BCUT2D eigenvalue weighted by molar-refractivity contribution is -0.146. The minimum absolute atomic E-state index is 0.00653. The second kappa shape index (κ2) is 5.90. The molecule has 3 atom stereocenters. The molecule has 1 aliphatic carbocycles. The Bertz CT molecular complexity index is 745. The van der Waals surface area contributed by atoms with Crippen LogP contribution in [0.2, 0.25) is 0 Å². The van der Waals surface area contributed by atoms with Crippen molar-refractivity contribution in [2.24, 2.45) is 11.8 Å². The first-order chi connectivity index (χ1) is 11.4. The molecule has 1 aromatic carbocycles. The summed E-state index contributed by atoms with van der Waals surface area (Å²) in [6.45, 7) is 6.52. The Kier molecular flexibility index (Phi) is 4.04. The van der Waals surface area contributed by atoms with Crippen molar-refractivity contribution in [3.05, 3.63) is 47.5 Å². The molecule has 124 valence electrons.